The fraction of sp³-hybridized carbons (Fsp3) is 0.556. The maximum absolute atomic E-state index is 11.6. The lowest BCUT2D eigenvalue weighted by Gasteiger charge is -2.18. The van der Waals surface area contributed by atoms with Gasteiger partial charge in [0, 0.05) is 18.7 Å². The standard InChI is InChI=1S/C9H14N2O11P2/c12-5-3-8(11-2-1-7(13)10-9(11)14)21-6(5)4-20-24(18,19)22-23(15,16)17/h1-2,5-6,8,12H,3-4H2,(H,18,19)(H,10,13,14)(H2,15,16,17)/t5?,6-,8-/m1/s1. The molecule has 13 nitrogen and oxygen atoms in total. The first kappa shape index (κ1) is 19.2. The molecule has 0 radical (unpaired) electrons. The van der Waals surface area contributed by atoms with Crippen molar-refractivity contribution in [2.24, 2.45) is 0 Å². The molecule has 0 aliphatic carbocycles. The van der Waals surface area contributed by atoms with E-state index < -0.39 is 51.9 Å². The van der Waals surface area contributed by atoms with E-state index in [0.717, 1.165) is 16.8 Å². The molecule has 1 aromatic heterocycles. The van der Waals surface area contributed by atoms with Crippen molar-refractivity contribution >= 4 is 15.6 Å². The first-order valence-electron chi connectivity index (χ1n) is 6.36. The van der Waals surface area contributed by atoms with Crippen LogP contribution in [-0.2, 0) is 22.7 Å². The molecular formula is C9H14N2O11P2. The van der Waals surface area contributed by atoms with E-state index in [-0.39, 0.29) is 6.42 Å². The van der Waals surface area contributed by atoms with E-state index in [4.69, 9.17) is 19.4 Å². The number of aromatic amines is 1. The predicted octanol–water partition coefficient (Wildman–Crippen LogP) is -1.59. The van der Waals surface area contributed by atoms with Crippen LogP contribution in [0.25, 0.3) is 0 Å². The summed E-state index contributed by atoms with van der Waals surface area (Å²) in [6.07, 6.45) is -2.29. The molecule has 4 atom stereocenters. The monoisotopic (exact) mass is 388 g/mol. The molecule has 24 heavy (non-hydrogen) atoms. The lowest BCUT2D eigenvalue weighted by molar-refractivity contribution is -0.0450. The zero-order chi connectivity index (χ0) is 18.1. The summed E-state index contributed by atoms with van der Waals surface area (Å²) in [6.45, 7) is -0.733. The first-order valence-corrected chi connectivity index (χ1v) is 9.39. The number of hydrogen-bond acceptors (Lipinski definition) is 8. The number of phosphoric ester groups is 1. The number of aromatic nitrogens is 2. The van der Waals surface area contributed by atoms with Gasteiger partial charge in [-0.1, -0.05) is 0 Å². The summed E-state index contributed by atoms with van der Waals surface area (Å²) >= 11 is 0. The molecule has 0 bridgehead atoms. The van der Waals surface area contributed by atoms with E-state index in [1.165, 1.54) is 0 Å². The highest BCUT2D eigenvalue weighted by atomic mass is 31.3. The summed E-state index contributed by atoms with van der Waals surface area (Å²) in [5.41, 5.74) is -1.40. The van der Waals surface area contributed by atoms with Crippen molar-refractivity contribution in [2.75, 3.05) is 6.61 Å². The SMILES string of the molecule is O=c1ccn([C@H]2CC(O)[C@@H](COP(=O)(O)OP(=O)(O)O)O2)c(=O)[nH]1. The molecule has 2 rings (SSSR count). The lowest BCUT2D eigenvalue weighted by Crippen LogP contribution is -2.31. The minimum Gasteiger partial charge on any atom is -0.390 e. The largest absolute Gasteiger partial charge is 0.481 e. The van der Waals surface area contributed by atoms with Crippen molar-refractivity contribution in [1.29, 1.82) is 0 Å². The maximum atomic E-state index is 11.6. The van der Waals surface area contributed by atoms with E-state index in [1.54, 1.807) is 0 Å². The minimum absolute atomic E-state index is 0.0882. The Bertz CT molecular complexity index is 797. The zero-order valence-electron chi connectivity index (χ0n) is 11.8. The average molecular weight is 388 g/mol. The third-order valence-electron chi connectivity index (χ3n) is 2.98. The van der Waals surface area contributed by atoms with Gasteiger partial charge in [0.2, 0.25) is 0 Å². The molecule has 15 heteroatoms. The van der Waals surface area contributed by atoms with E-state index in [2.05, 4.69) is 8.83 Å². The second-order valence-electron chi connectivity index (χ2n) is 4.79. The van der Waals surface area contributed by atoms with Crippen molar-refractivity contribution in [2.45, 2.75) is 24.9 Å². The third-order valence-corrected chi connectivity index (χ3v) is 5.13. The van der Waals surface area contributed by atoms with Gasteiger partial charge in [0.05, 0.1) is 12.7 Å². The van der Waals surface area contributed by atoms with Gasteiger partial charge >= 0.3 is 21.3 Å². The fourth-order valence-corrected chi connectivity index (χ4v) is 3.61. The van der Waals surface area contributed by atoms with Crippen molar-refractivity contribution in [3.8, 4) is 0 Å². The van der Waals surface area contributed by atoms with Gasteiger partial charge in [0.15, 0.2) is 0 Å². The Morgan fingerprint density at radius 2 is 2.00 bits per heavy atom. The zero-order valence-corrected chi connectivity index (χ0v) is 13.6. The van der Waals surface area contributed by atoms with Crippen LogP contribution < -0.4 is 11.2 Å². The van der Waals surface area contributed by atoms with E-state index in [9.17, 15) is 23.8 Å². The average Bonchev–Trinajstić information content (AvgIpc) is 2.75. The Morgan fingerprint density at radius 1 is 1.33 bits per heavy atom. The topological polar surface area (TPSA) is 198 Å². The highest BCUT2D eigenvalue weighted by molar-refractivity contribution is 7.60. The summed E-state index contributed by atoms with van der Waals surface area (Å²) in [5.74, 6) is 0. The molecule has 1 aliphatic rings. The van der Waals surface area contributed by atoms with Crippen LogP contribution in [0.2, 0.25) is 0 Å². The van der Waals surface area contributed by atoms with E-state index in [0.29, 0.717) is 0 Å². The molecule has 1 aromatic rings. The summed E-state index contributed by atoms with van der Waals surface area (Å²) in [7, 11) is -10.3. The van der Waals surface area contributed by atoms with Crippen LogP contribution in [-0.4, -0.2) is 48.2 Å². The Kier molecular flexibility index (Phi) is 5.60. The molecule has 0 amide bonds. The number of nitrogens with one attached hydrogen (secondary N) is 1. The molecule has 1 saturated heterocycles. The van der Waals surface area contributed by atoms with Crippen LogP contribution in [0, 0.1) is 0 Å². The first-order chi connectivity index (χ1) is 11.0. The Morgan fingerprint density at radius 3 is 2.58 bits per heavy atom. The van der Waals surface area contributed by atoms with Crippen LogP contribution in [0.4, 0.5) is 0 Å². The highest BCUT2D eigenvalue weighted by Crippen LogP contribution is 2.57. The van der Waals surface area contributed by atoms with E-state index in [1.807, 2.05) is 4.98 Å². The highest BCUT2D eigenvalue weighted by Gasteiger charge is 2.39. The molecular weight excluding hydrogens is 374 g/mol. The molecule has 0 aromatic carbocycles. The van der Waals surface area contributed by atoms with Gasteiger partial charge in [-0.2, -0.15) is 4.31 Å². The van der Waals surface area contributed by atoms with Gasteiger partial charge < -0.3 is 24.5 Å². The number of phosphoric acid groups is 2. The molecule has 0 saturated carbocycles. The predicted molar refractivity (Wildman–Crippen MR) is 74.8 cm³/mol. The summed E-state index contributed by atoms with van der Waals surface area (Å²) in [4.78, 5) is 50.7. The molecule has 136 valence electrons. The van der Waals surface area contributed by atoms with Crippen LogP contribution >= 0.6 is 15.6 Å². The summed E-state index contributed by atoms with van der Waals surface area (Å²) in [5, 5.41) is 9.84. The van der Waals surface area contributed by atoms with Gasteiger partial charge in [-0.05, 0) is 0 Å². The number of H-pyrrole nitrogens is 1. The third kappa shape index (κ3) is 5.18. The smallest absolute Gasteiger partial charge is 0.390 e. The number of aliphatic hydroxyl groups is 1. The number of ether oxygens (including phenoxy) is 1. The normalized spacial score (nSPS) is 27.1. The van der Waals surface area contributed by atoms with Crippen molar-refractivity contribution in [3.63, 3.8) is 0 Å². The van der Waals surface area contributed by atoms with Crippen LogP contribution in [0.15, 0.2) is 21.9 Å². The van der Waals surface area contributed by atoms with Gasteiger partial charge in [-0.25, -0.2) is 13.9 Å². The quantitative estimate of drug-likeness (QED) is 0.352. The van der Waals surface area contributed by atoms with Crippen molar-refractivity contribution < 1.29 is 42.5 Å². The Balaban J connectivity index is 2.01. The molecule has 1 aliphatic heterocycles. The van der Waals surface area contributed by atoms with Gasteiger partial charge in [0.1, 0.15) is 12.3 Å². The van der Waals surface area contributed by atoms with Gasteiger partial charge in [-0.15, -0.1) is 0 Å². The summed E-state index contributed by atoms with van der Waals surface area (Å²) < 4.78 is 36.1. The molecule has 0 spiro atoms. The number of aliphatic hydroxyl groups excluding tert-OH is 1. The molecule has 1 fully saturated rings. The minimum atomic E-state index is -5.26. The Hall–Kier alpha value is -1.14. The van der Waals surface area contributed by atoms with Crippen molar-refractivity contribution in [1.82, 2.24) is 9.55 Å². The van der Waals surface area contributed by atoms with Gasteiger partial charge in [0.25, 0.3) is 5.56 Å². The van der Waals surface area contributed by atoms with Crippen LogP contribution in [0.3, 0.4) is 0 Å². The second kappa shape index (κ2) is 7.00. The summed E-state index contributed by atoms with van der Waals surface area (Å²) in [6, 6.07) is 1.07. The van der Waals surface area contributed by atoms with Crippen LogP contribution in [0.1, 0.15) is 12.6 Å². The number of nitrogens with zero attached hydrogens (tertiary/aromatic N) is 1. The maximum Gasteiger partial charge on any atom is 0.481 e. The fourth-order valence-electron chi connectivity index (χ4n) is 2.02. The molecule has 2 unspecified atom stereocenters. The van der Waals surface area contributed by atoms with Gasteiger partial charge in [-0.3, -0.25) is 18.9 Å². The number of hydrogen-bond donors (Lipinski definition) is 5. The molecule has 2 heterocycles. The molecule has 5 N–H and O–H groups in total. The van der Waals surface area contributed by atoms with Crippen LogP contribution in [0.5, 0.6) is 0 Å². The van der Waals surface area contributed by atoms with Crippen molar-refractivity contribution in [3.05, 3.63) is 33.1 Å². The Labute approximate surface area is 133 Å². The van der Waals surface area contributed by atoms with E-state index >= 15 is 0 Å². The number of rotatable bonds is 6. The second-order valence-corrected chi connectivity index (χ2v) is 7.62. The lowest BCUT2D eigenvalue weighted by atomic mass is 10.2.